The fourth-order valence-corrected chi connectivity index (χ4v) is 2.53. The standard InChI is InChI=1S/C12H19N3O2S/c1-9(2)8-11(13)12(16)15-18(14,17)10-6-4-3-5-7-10/h3-7,9,11H,8,13H2,1-2H3,(H2,14,15,16,17)/t11-,18?/m0/s1. The molecule has 1 rings (SSSR count). The van der Waals surface area contributed by atoms with Crippen molar-refractivity contribution in [1.82, 2.24) is 0 Å². The van der Waals surface area contributed by atoms with Crippen LogP contribution in [0.3, 0.4) is 0 Å². The van der Waals surface area contributed by atoms with Gasteiger partial charge >= 0.3 is 0 Å². The lowest BCUT2D eigenvalue weighted by Gasteiger charge is -2.11. The van der Waals surface area contributed by atoms with Crippen LogP contribution in [0.25, 0.3) is 0 Å². The Hall–Kier alpha value is -1.24. The zero-order chi connectivity index (χ0) is 13.8. The van der Waals surface area contributed by atoms with Crippen molar-refractivity contribution >= 4 is 15.8 Å². The molecular formula is C12H19N3O2S. The second kappa shape index (κ2) is 6.08. The van der Waals surface area contributed by atoms with Gasteiger partial charge in [-0.2, -0.15) is 0 Å². The molecule has 0 radical (unpaired) electrons. The largest absolute Gasteiger partial charge is 0.320 e. The molecule has 5 nitrogen and oxygen atoms in total. The highest BCUT2D eigenvalue weighted by Gasteiger charge is 2.17. The number of rotatable bonds is 4. The molecule has 1 amide bonds. The first-order valence-corrected chi connectivity index (χ1v) is 7.30. The SMILES string of the molecule is CC(C)C[C@H](N)C(=O)N=S(N)(=O)c1ccccc1. The molecule has 0 spiro atoms. The van der Waals surface area contributed by atoms with Gasteiger partial charge < -0.3 is 5.73 Å². The maximum atomic E-state index is 12.1. The van der Waals surface area contributed by atoms with E-state index in [1.54, 1.807) is 30.3 Å². The third-order valence-electron chi connectivity index (χ3n) is 2.35. The monoisotopic (exact) mass is 269 g/mol. The van der Waals surface area contributed by atoms with Gasteiger partial charge in [0, 0.05) is 0 Å². The van der Waals surface area contributed by atoms with E-state index in [4.69, 9.17) is 10.9 Å². The summed E-state index contributed by atoms with van der Waals surface area (Å²) in [5, 5.41) is 5.59. The smallest absolute Gasteiger partial charge is 0.271 e. The van der Waals surface area contributed by atoms with E-state index in [1.807, 2.05) is 13.8 Å². The van der Waals surface area contributed by atoms with E-state index in [-0.39, 0.29) is 5.92 Å². The van der Waals surface area contributed by atoms with Crippen LogP contribution < -0.4 is 10.9 Å². The summed E-state index contributed by atoms with van der Waals surface area (Å²) < 4.78 is 15.7. The van der Waals surface area contributed by atoms with Crippen LogP contribution in [0.15, 0.2) is 39.6 Å². The van der Waals surface area contributed by atoms with Crippen LogP contribution in [-0.4, -0.2) is 16.2 Å². The summed E-state index contributed by atoms with van der Waals surface area (Å²) in [6.07, 6.45) is 0.493. The number of benzene rings is 1. The zero-order valence-corrected chi connectivity index (χ0v) is 11.4. The Morgan fingerprint density at radius 1 is 1.33 bits per heavy atom. The van der Waals surface area contributed by atoms with Gasteiger partial charge in [0.1, 0.15) is 9.92 Å². The molecule has 0 saturated carbocycles. The Labute approximate surface area is 108 Å². The molecule has 0 aromatic heterocycles. The minimum atomic E-state index is -3.19. The molecular weight excluding hydrogens is 250 g/mol. The Morgan fingerprint density at radius 3 is 2.39 bits per heavy atom. The number of carbonyl (C=O) groups excluding carboxylic acids is 1. The Kier molecular flexibility index (Phi) is 5.01. The number of nitrogens with zero attached hydrogens (tertiary/aromatic N) is 1. The quantitative estimate of drug-likeness (QED) is 0.861. The van der Waals surface area contributed by atoms with Crippen molar-refractivity contribution in [2.45, 2.75) is 31.2 Å². The van der Waals surface area contributed by atoms with Gasteiger partial charge in [0.2, 0.25) is 0 Å². The van der Waals surface area contributed by atoms with Gasteiger partial charge in [0.15, 0.2) is 0 Å². The topological polar surface area (TPSA) is 98.5 Å². The Morgan fingerprint density at radius 2 is 1.89 bits per heavy atom. The van der Waals surface area contributed by atoms with E-state index >= 15 is 0 Å². The lowest BCUT2D eigenvalue weighted by Crippen LogP contribution is -2.32. The minimum absolute atomic E-state index is 0.268. The molecule has 0 heterocycles. The van der Waals surface area contributed by atoms with Gasteiger partial charge in [-0.05, 0) is 24.5 Å². The second-order valence-corrected chi connectivity index (χ2v) is 6.34. The summed E-state index contributed by atoms with van der Waals surface area (Å²) in [6.45, 7) is 3.90. The van der Waals surface area contributed by atoms with E-state index in [2.05, 4.69) is 4.36 Å². The average Bonchev–Trinajstić information content (AvgIpc) is 2.28. The normalized spacial score (nSPS) is 16.1. The van der Waals surface area contributed by atoms with Crippen molar-refractivity contribution in [2.24, 2.45) is 21.2 Å². The van der Waals surface area contributed by atoms with Gasteiger partial charge in [0.05, 0.1) is 10.9 Å². The molecule has 100 valence electrons. The van der Waals surface area contributed by atoms with Gasteiger partial charge in [0.25, 0.3) is 5.91 Å². The van der Waals surface area contributed by atoms with Gasteiger partial charge in [-0.3, -0.25) is 4.79 Å². The third-order valence-corrected chi connectivity index (χ3v) is 3.75. The molecule has 1 aromatic carbocycles. The molecule has 1 unspecified atom stereocenters. The molecule has 0 aliphatic heterocycles. The van der Waals surface area contributed by atoms with Crippen LogP contribution in [0.4, 0.5) is 0 Å². The highest BCUT2D eigenvalue weighted by Crippen LogP contribution is 2.10. The van der Waals surface area contributed by atoms with Crippen molar-refractivity contribution in [3.05, 3.63) is 30.3 Å². The Bertz CT molecular complexity index is 519. The number of hydrogen-bond acceptors (Lipinski definition) is 3. The number of nitrogens with two attached hydrogens (primary N) is 2. The molecule has 4 N–H and O–H groups in total. The highest BCUT2D eigenvalue weighted by atomic mass is 32.2. The Balaban J connectivity index is 2.95. The summed E-state index contributed by atoms with van der Waals surface area (Å²) in [5.74, 6) is -0.343. The first-order chi connectivity index (χ1) is 8.33. The van der Waals surface area contributed by atoms with Crippen LogP contribution in [0.5, 0.6) is 0 Å². The minimum Gasteiger partial charge on any atom is -0.320 e. The molecule has 0 aliphatic rings. The van der Waals surface area contributed by atoms with Gasteiger partial charge in [-0.1, -0.05) is 32.0 Å². The fraction of sp³-hybridized carbons (Fsp3) is 0.417. The summed E-state index contributed by atoms with van der Waals surface area (Å²) in [5.41, 5.74) is 5.68. The van der Waals surface area contributed by atoms with E-state index in [1.165, 1.54) is 0 Å². The fourth-order valence-electron chi connectivity index (χ4n) is 1.48. The van der Waals surface area contributed by atoms with Crippen LogP contribution >= 0.6 is 0 Å². The summed E-state index contributed by atoms with van der Waals surface area (Å²) in [4.78, 5) is 12.0. The maximum absolute atomic E-state index is 12.1. The lowest BCUT2D eigenvalue weighted by molar-refractivity contribution is -0.119. The van der Waals surface area contributed by atoms with Crippen molar-refractivity contribution in [3.8, 4) is 0 Å². The number of carbonyl (C=O) groups is 1. The van der Waals surface area contributed by atoms with Crippen LogP contribution in [0, 0.1) is 5.92 Å². The van der Waals surface area contributed by atoms with Crippen molar-refractivity contribution in [1.29, 1.82) is 0 Å². The van der Waals surface area contributed by atoms with Crippen molar-refractivity contribution < 1.29 is 9.00 Å². The first kappa shape index (κ1) is 14.8. The second-order valence-electron chi connectivity index (χ2n) is 4.55. The predicted molar refractivity (Wildman–Crippen MR) is 71.9 cm³/mol. The number of hydrogen-bond donors (Lipinski definition) is 2. The van der Waals surface area contributed by atoms with Crippen LogP contribution in [0.1, 0.15) is 20.3 Å². The molecule has 0 saturated heterocycles. The molecule has 18 heavy (non-hydrogen) atoms. The summed E-state index contributed by atoms with van der Waals surface area (Å²) in [7, 11) is -3.19. The van der Waals surface area contributed by atoms with Crippen LogP contribution in [0.2, 0.25) is 0 Å². The molecule has 1 aromatic rings. The molecule has 0 fully saturated rings. The number of amides is 1. The summed E-state index contributed by atoms with van der Waals surface area (Å²) >= 11 is 0. The van der Waals surface area contributed by atoms with Crippen molar-refractivity contribution in [3.63, 3.8) is 0 Å². The van der Waals surface area contributed by atoms with E-state index in [0.29, 0.717) is 11.3 Å². The van der Waals surface area contributed by atoms with E-state index < -0.39 is 21.9 Å². The average molecular weight is 269 g/mol. The lowest BCUT2D eigenvalue weighted by atomic mass is 10.0. The molecule has 0 aliphatic carbocycles. The molecule has 0 bridgehead atoms. The third kappa shape index (κ3) is 4.21. The van der Waals surface area contributed by atoms with Crippen LogP contribution in [-0.2, 0) is 14.7 Å². The van der Waals surface area contributed by atoms with E-state index in [0.717, 1.165) is 0 Å². The predicted octanol–water partition coefficient (Wildman–Crippen LogP) is 1.29. The first-order valence-electron chi connectivity index (χ1n) is 5.72. The summed E-state index contributed by atoms with van der Waals surface area (Å²) in [6, 6.07) is 7.55. The van der Waals surface area contributed by atoms with E-state index in [9.17, 15) is 9.00 Å². The molecule has 2 atom stereocenters. The maximum Gasteiger partial charge on any atom is 0.271 e. The molecule has 6 heteroatoms. The zero-order valence-electron chi connectivity index (χ0n) is 10.6. The van der Waals surface area contributed by atoms with Gasteiger partial charge in [-0.15, -0.1) is 4.36 Å². The highest BCUT2D eigenvalue weighted by molar-refractivity contribution is 7.91. The van der Waals surface area contributed by atoms with Crippen molar-refractivity contribution in [2.75, 3.05) is 0 Å². The van der Waals surface area contributed by atoms with Gasteiger partial charge in [-0.25, -0.2) is 9.35 Å².